The van der Waals surface area contributed by atoms with Gasteiger partial charge in [0.2, 0.25) is 11.7 Å². The van der Waals surface area contributed by atoms with Crippen molar-refractivity contribution in [2.24, 2.45) is 5.92 Å². The van der Waals surface area contributed by atoms with Crippen LogP contribution < -0.4 is 5.32 Å². The number of nitrogens with one attached hydrogen (secondary N) is 1. The topological polar surface area (TPSA) is 73.0 Å². The second-order valence-corrected chi connectivity index (χ2v) is 8.52. The molecule has 6 nitrogen and oxygen atoms in total. The van der Waals surface area contributed by atoms with Gasteiger partial charge in [0.15, 0.2) is 10.9 Å². The second kappa shape index (κ2) is 8.86. The zero-order chi connectivity index (χ0) is 20.2. The molecule has 2 aromatic heterocycles. The molecule has 1 N–H and O–H groups in total. The van der Waals surface area contributed by atoms with Crippen molar-refractivity contribution in [3.05, 3.63) is 43.0 Å². The van der Waals surface area contributed by atoms with Crippen LogP contribution in [0.2, 0.25) is 0 Å². The Morgan fingerprint density at radius 2 is 2.17 bits per heavy atom. The molecule has 0 aliphatic heterocycles. The molecule has 1 aliphatic rings. The molecule has 0 radical (unpaired) electrons. The molecule has 1 aliphatic carbocycles. The molecule has 1 saturated carbocycles. The van der Waals surface area contributed by atoms with Crippen molar-refractivity contribution in [3.63, 3.8) is 0 Å². The summed E-state index contributed by atoms with van der Waals surface area (Å²) < 4.78 is 7.88. The number of amides is 1. The Bertz CT molecular complexity index is 976. The van der Waals surface area contributed by atoms with Crippen LogP contribution in [0.1, 0.15) is 32.6 Å². The van der Waals surface area contributed by atoms with E-state index in [2.05, 4.69) is 29.0 Å². The Labute approximate surface area is 174 Å². The van der Waals surface area contributed by atoms with E-state index in [1.807, 2.05) is 34.9 Å². The number of thioether (sulfide) groups is 1. The summed E-state index contributed by atoms with van der Waals surface area (Å²) in [7, 11) is 0. The van der Waals surface area contributed by atoms with Gasteiger partial charge in [-0.05, 0) is 30.9 Å². The van der Waals surface area contributed by atoms with Gasteiger partial charge in [0.05, 0.1) is 5.75 Å². The highest BCUT2D eigenvalue weighted by Gasteiger charge is 2.23. The van der Waals surface area contributed by atoms with Gasteiger partial charge < -0.3 is 9.73 Å². The average molecular weight is 411 g/mol. The molecule has 2 heterocycles. The maximum atomic E-state index is 12.5. The highest BCUT2D eigenvalue weighted by atomic mass is 32.2. The molecule has 7 heteroatoms. The predicted octanol–water partition coefficient (Wildman–Crippen LogP) is 4.66. The molecule has 0 saturated heterocycles. The van der Waals surface area contributed by atoms with Gasteiger partial charge in [-0.2, -0.15) is 0 Å². The van der Waals surface area contributed by atoms with Crippen LogP contribution in [-0.4, -0.2) is 32.5 Å². The van der Waals surface area contributed by atoms with Crippen LogP contribution >= 0.6 is 11.8 Å². The van der Waals surface area contributed by atoms with Gasteiger partial charge >= 0.3 is 0 Å². The van der Waals surface area contributed by atoms with E-state index in [1.165, 1.54) is 31.0 Å². The number of rotatable bonds is 7. The van der Waals surface area contributed by atoms with Crippen LogP contribution in [0.15, 0.2) is 52.6 Å². The van der Waals surface area contributed by atoms with Gasteiger partial charge in [0, 0.05) is 18.0 Å². The maximum absolute atomic E-state index is 12.5. The van der Waals surface area contributed by atoms with Gasteiger partial charge in [-0.1, -0.05) is 55.8 Å². The zero-order valence-electron chi connectivity index (χ0n) is 16.6. The summed E-state index contributed by atoms with van der Waals surface area (Å²) in [6.07, 6.45) is 6.50. The summed E-state index contributed by atoms with van der Waals surface area (Å²) in [5.74, 6) is 2.21. The normalized spacial score (nSPS) is 19.3. The maximum Gasteiger partial charge on any atom is 0.230 e. The van der Waals surface area contributed by atoms with Gasteiger partial charge in [0.25, 0.3) is 0 Å². The molecule has 29 heavy (non-hydrogen) atoms. The number of carbonyl (C=O) groups is 1. The smallest absolute Gasteiger partial charge is 0.230 e. The van der Waals surface area contributed by atoms with E-state index in [1.54, 1.807) is 6.08 Å². The fourth-order valence-corrected chi connectivity index (χ4v) is 4.63. The van der Waals surface area contributed by atoms with Crippen LogP contribution in [0, 0.1) is 5.92 Å². The minimum absolute atomic E-state index is 0.0483. The van der Waals surface area contributed by atoms with E-state index in [0.717, 1.165) is 17.4 Å². The number of hydrogen-bond acceptors (Lipinski definition) is 5. The van der Waals surface area contributed by atoms with Crippen molar-refractivity contribution in [1.82, 2.24) is 20.1 Å². The van der Waals surface area contributed by atoms with E-state index < -0.39 is 0 Å². The molecule has 152 valence electrons. The third kappa shape index (κ3) is 4.40. The third-order valence-corrected chi connectivity index (χ3v) is 6.43. The van der Waals surface area contributed by atoms with Crippen molar-refractivity contribution in [2.45, 2.75) is 50.4 Å². The van der Waals surface area contributed by atoms with Crippen molar-refractivity contribution in [1.29, 1.82) is 0 Å². The van der Waals surface area contributed by atoms with Crippen LogP contribution in [0.5, 0.6) is 0 Å². The molecule has 0 spiro atoms. The number of para-hydroxylation sites is 1. The Balaban J connectivity index is 1.47. The number of carbonyl (C=O) groups excluding carboxylic acids is 1. The highest BCUT2D eigenvalue weighted by molar-refractivity contribution is 7.99. The Morgan fingerprint density at radius 1 is 1.34 bits per heavy atom. The molecule has 2 atom stereocenters. The molecule has 0 unspecified atom stereocenters. The quantitative estimate of drug-likeness (QED) is 0.453. The summed E-state index contributed by atoms with van der Waals surface area (Å²) in [5.41, 5.74) is 0.811. The first kappa shape index (κ1) is 19.8. The number of hydrogen-bond donors (Lipinski definition) is 1. The van der Waals surface area contributed by atoms with E-state index in [4.69, 9.17) is 4.42 Å². The Kier molecular flexibility index (Phi) is 6.04. The lowest BCUT2D eigenvalue weighted by Crippen LogP contribution is -2.41. The minimum atomic E-state index is 0.0483. The number of fused-ring (bicyclic) bond motifs is 1. The van der Waals surface area contributed by atoms with Crippen LogP contribution in [-0.2, 0) is 11.3 Å². The summed E-state index contributed by atoms with van der Waals surface area (Å²) in [5, 5.41) is 13.5. The molecular weight excluding hydrogens is 384 g/mol. The first-order chi connectivity index (χ1) is 14.2. The molecule has 1 amide bonds. The highest BCUT2D eigenvalue weighted by Crippen LogP contribution is 2.29. The summed E-state index contributed by atoms with van der Waals surface area (Å²) >= 11 is 1.40. The van der Waals surface area contributed by atoms with Crippen molar-refractivity contribution < 1.29 is 9.21 Å². The number of aromatic nitrogens is 3. The van der Waals surface area contributed by atoms with E-state index in [0.29, 0.717) is 35.0 Å². The molecule has 4 rings (SSSR count). The summed E-state index contributed by atoms with van der Waals surface area (Å²) in [4.78, 5) is 12.5. The van der Waals surface area contributed by atoms with Crippen LogP contribution in [0.25, 0.3) is 22.6 Å². The minimum Gasteiger partial charge on any atom is -0.453 e. The summed E-state index contributed by atoms with van der Waals surface area (Å²) in [6, 6.07) is 10.1. The second-order valence-electron chi connectivity index (χ2n) is 7.58. The lowest BCUT2D eigenvalue weighted by Gasteiger charge is -2.29. The molecule has 0 bridgehead atoms. The SMILES string of the molecule is C=CCn1c(SCC(=O)N[C@@H]2CCCC[C@@H]2C)nnc1-c1cc2ccccc2o1. The monoisotopic (exact) mass is 410 g/mol. The Hall–Kier alpha value is -2.54. The predicted molar refractivity (Wildman–Crippen MR) is 116 cm³/mol. The van der Waals surface area contributed by atoms with Gasteiger partial charge in [-0.15, -0.1) is 16.8 Å². The van der Waals surface area contributed by atoms with E-state index in [-0.39, 0.29) is 11.9 Å². The van der Waals surface area contributed by atoms with E-state index in [9.17, 15) is 4.79 Å². The lowest BCUT2D eigenvalue weighted by molar-refractivity contribution is -0.119. The van der Waals surface area contributed by atoms with Crippen molar-refractivity contribution >= 4 is 28.6 Å². The van der Waals surface area contributed by atoms with Gasteiger partial charge in [-0.3, -0.25) is 9.36 Å². The fourth-order valence-electron chi connectivity index (χ4n) is 3.87. The molecular formula is C22H26N4O2S. The molecule has 3 aromatic rings. The van der Waals surface area contributed by atoms with Gasteiger partial charge in [-0.25, -0.2) is 0 Å². The number of benzene rings is 1. The van der Waals surface area contributed by atoms with Gasteiger partial charge in [0.1, 0.15) is 5.58 Å². The van der Waals surface area contributed by atoms with Crippen LogP contribution in [0.4, 0.5) is 0 Å². The number of allylic oxidation sites excluding steroid dienone is 1. The number of nitrogens with zero attached hydrogens (tertiary/aromatic N) is 3. The lowest BCUT2D eigenvalue weighted by atomic mass is 9.86. The van der Waals surface area contributed by atoms with E-state index >= 15 is 0 Å². The first-order valence-electron chi connectivity index (χ1n) is 10.1. The number of furan rings is 1. The van der Waals surface area contributed by atoms with Crippen molar-refractivity contribution in [2.75, 3.05) is 5.75 Å². The third-order valence-electron chi connectivity index (χ3n) is 5.46. The first-order valence-corrected chi connectivity index (χ1v) is 11.1. The molecule has 1 aromatic carbocycles. The average Bonchev–Trinajstić information content (AvgIpc) is 3.32. The standard InChI is InChI=1S/C22H26N4O2S/c1-3-12-26-21(19-13-16-9-5-7-11-18(16)28-19)24-25-22(26)29-14-20(27)23-17-10-6-4-8-15(17)2/h3,5,7,9,11,13,15,17H,1,4,6,8,10,12,14H2,2H3,(H,23,27)/t15-,17+/m0/s1. The molecule has 1 fully saturated rings. The van der Waals surface area contributed by atoms with Crippen molar-refractivity contribution in [3.8, 4) is 11.6 Å². The van der Waals surface area contributed by atoms with Crippen LogP contribution in [0.3, 0.4) is 0 Å². The largest absolute Gasteiger partial charge is 0.453 e. The summed E-state index contributed by atoms with van der Waals surface area (Å²) in [6.45, 7) is 6.60. The Morgan fingerprint density at radius 3 is 2.97 bits per heavy atom. The zero-order valence-corrected chi connectivity index (χ0v) is 17.5. The fraction of sp³-hybridized carbons (Fsp3) is 0.409.